The zero-order valence-electron chi connectivity index (χ0n) is 15.7. The average Bonchev–Trinajstić information content (AvgIpc) is 2.66. The van der Waals surface area contributed by atoms with Gasteiger partial charge in [0.05, 0.1) is 9.85 Å². The predicted molar refractivity (Wildman–Crippen MR) is 98.3 cm³/mol. The number of halogens is 6. The summed E-state index contributed by atoms with van der Waals surface area (Å²) in [7, 11) is 0. The lowest BCUT2D eigenvalue weighted by Crippen LogP contribution is -2.55. The summed E-state index contributed by atoms with van der Waals surface area (Å²) in [5, 5.41) is 41.6. The topological polar surface area (TPSA) is 127 Å². The van der Waals surface area contributed by atoms with Gasteiger partial charge < -0.3 is 10.2 Å². The predicted octanol–water partition coefficient (Wildman–Crippen LogP) is 4.29. The van der Waals surface area contributed by atoms with Crippen molar-refractivity contribution in [3.05, 3.63) is 66.7 Å². The fourth-order valence-electron chi connectivity index (χ4n) is 3.22. The van der Waals surface area contributed by atoms with Crippen LogP contribution in [0.1, 0.15) is 22.3 Å². The number of rotatable bonds is 4. The number of nitrogens with zero attached hydrogens (tertiary/aromatic N) is 2. The summed E-state index contributed by atoms with van der Waals surface area (Å²) < 4.78 is 86.5. The standard InChI is InChI=1S/C19H8F6N2O6/c1-3-9-5-15(28)13(26(30)31)7-11(9)17(18(20,21)22,19(23,24)25)12-8-14(27(32)33)16(29)6-10(12)4-2/h1-2,5-8,28-29H. The second-order valence-electron chi connectivity index (χ2n) is 6.32. The Balaban J connectivity index is 3.34. The molecule has 0 aliphatic rings. The molecule has 14 heteroatoms. The molecule has 0 saturated carbocycles. The van der Waals surface area contributed by atoms with Gasteiger partial charge in [-0.25, -0.2) is 0 Å². The highest BCUT2D eigenvalue weighted by atomic mass is 19.4. The Labute approximate surface area is 179 Å². The summed E-state index contributed by atoms with van der Waals surface area (Å²) in [5.41, 5.74) is -14.7. The lowest BCUT2D eigenvalue weighted by molar-refractivity contribution is -0.386. The highest BCUT2D eigenvalue weighted by Gasteiger charge is 2.74. The highest BCUT2D eigenvalue weighted by molar-refractivity contribution is 5.66. The third-order valence-electron chi connectivity index (χ3n) is 4.59. The summed E-state index contributed by atoms with van der Waals surface area (Å²) in [6.45, 7) is 0. The molecule has 2 aromatic rings. The number of nitro benzene ring substituents is 2. The third kappa shape index (κ3) is 3.71. The number of phenolic OH excluding ortho intramolecular Hbond substituents is 2. The largest absolute Gasteiger partial charge is 0.502 e. The van der Waals surface area contributed by atoms with Gasteiger partial charge in [0.1, 0.15) is 0 Å². The number of terminal acetylenes is 2. The molecule has 172 valence electrons. The van der Waals surface area contributed by atoms with Crippen LogP contribution in [0.15, 0.2) is 24.3 Å². The SMILES string of the molecule is C#Cc1cc(O)c([N+](=O)[O-])cc1C(c1cc([N+](=O)[O-])c(O)cc1C#C)(C(F)(F)F)C(F)(F)F. The van der Waals surface area contributed by atoms with Crippen molar-refractivity contribution in [1.29, 1.82) is 0 Å². The Morgan fingerprint density at radius 1 is 0.727 bits per heavy atom. The molecule has 0 fully saturated rings. The average molecular weight is 474 g/mol. The molecule has 2 aromatic carbocycles. The number of nitro groups is 2. The molecule has 0 saturated heterocycles. The second kappa shape index (κ2) is 7.90. The smallest absolute Gasteiger partial charge is 0.411 e. The summed E-state index contributed by atoms with van der Waals surface area (Å²) in [5.74, 6) is 0.321. The van der Waals surface area contributed by atoms with E-state index in [1.165, 1.54) is 11.8 Å². The van der Waals surface area contributed by atoms with Crippen molar-refractivity contribution in [2.75, 3.05) is 0 Å². The quantitative estimate of drug-likeness (QED) is 0.295. The lowest BCUT2D eigenvalue weighted by Gasteiger charge is -2.39. The van der Waals surface area contributed by atoms with Crippen LogP contribution in [0.5, 0.6) is 11.5 Å². The van der Waals surface area contributed by atoms with Crippen molar-refractivity contribution in [2.45, 2.75) is 17.8 Å². The van der Waals surface area contributed by atoms with Crippen LogP contribution in [-0.4, -0.2) is 32.4 Å². The molecule has 2 N–H and O–H groups in total. The van der Waals surface area contributed by atoms with Gasteiger partial charge >= 0.3 is 23.7 Å². The van der Waals surface area contributed by atoms with Crippen molar-refractivity contribution < 1.29 is 46.4 Å². The molecule has 0 aliphatic carbocycles. The Morgan fingerprint density at radius 2 is 1.03 bits per heavy atom. The minimum Gasteiger partial charge on any atom is -0.502 e. The van der Waals surface area contributed by atoms with E-state index < -0.39 is 72.7 Å². The molecule has 2 rings (SSSR count). The Morgan fingerprint density at radius 3 is 1.24 bits per heavy atom. The van der Waals surface area contributed by atoms with Crippen LogP contribution < -0.4 is 0 Å². The summed E-state index contributed by atoms with van der Waals surface area (Å²) in [6, 6.07) is -0.177. The first-order chi connectivity index (χ1) is 15.0. The molecule has 0 amide bonds. The summed E-state index contributed by atoms with van der Waals surface area (Å²) in [4.78, 5) is 19.3. The van der Waals surface area contributed by atoms with Gasteiger partial charge in [-0.15, -0.1) is 12.8 Å². The lowest BCUT2D eigenvalue weighted by atomic mass is 9.69. The van der Waals surface area contributed by atoms with E-state index in [4.69, 9.17) is 12.8 Å². The minimum atomic E-state index is -6.39. The first-order valence-electron chi connectivity index (χ1n) is 8.15. The summed E-state index contributed by atoms with van der Waals surface area (Å²) in [6.07, 6.45) is -2.73. The summed E-state index contributed by atoms with van der Waals surface area (Å²) >= 11 is 0. The molecule has 0 atom stereocenters. The maximum Gasteiger partial charge on any atom is 0.411 e. The van der Waals surface area contributed by atoms with E-state index in [-0.39, 0.29) is 24.3 Å². The van der Waals surface area contributed by atoms with Crippen LogP contribution in [0.3, 0.4) is 0 Å². The molecule has 0 heterocycles. The molecule has 0 aromatic heterocycles. The number of phenols is 2. The van der Waals surface area contributed by atoms with E-state index in [0.29, 0.717) is 0 Å². The molecule has 0 bridgehead atoms. The number of benzene rings is 2. The first kappa shape index (κ1) is 24.8. The zero-order chi connectivity index (χ0) is 25.5. The van der Waals surface area contributed by atoms with Gasteiger partial charge in [-0.05, 0) is 0 Å². The Hall–Kier alpha value is -4.46. The number of aromatic hydroxyl groups is 2. The molecule has 0 unspecified atom stereocenters. The molecule has 8 nitrogen and oxygen atoms in total. The molecular weight excluding hydrogens is 466 g/mol. The van der Waals surface area contributed by atoms with Crippen molar-refractivity contribution in [1.82, 2.24) is 0 Å². The fourth-order valence-corrected chi connectivity index (χ4v) is 3.22. The Bertz CT molecular complexity index is 1160. The Kier molecular flexibility index (Phi) is 5.94. The van der Waals surface area contributed by atoms with Crippen LogP contribution >= 0.6 is 0 Å². The monoisotopic (exact) mass is 474 g/mol. The normalized spacial score (nSPS) is 12.0. The molecule has 0 aliphatic heterocycles. The van der Waals surface area contributed by atoms with E-state index in [2.05, 4.69) is 0 Å². The minimum absolute atomic E-state index is 0.143. The van der Waals surface area contributed by atoms with E-state index in [1.807, 2.05) is 0 Å². The fraction of sp³-hybridized carbons (Fsp3) is 0.158. The molecule has 0 spiro atoms. The van der Waals surface area contributed by atoms with Crippen molar-refractivity contribution in [2.24, 2.45) is 0 Å². The van der Waals surface area contributed by atoms with Crippen LogP contribution in [0.25, 0.3) is 0 Å². The molecule has 0 radical (unpaired) electrons. The van der Waals surface area contributed by atoms with Gasteiger partial charge in [-0.3, -0.25) is 20.2 Å². The van der Waals surface area contributed by atoms with Gasteiger partial charge in [-0.1, -0.05) is 11.8 Å². The van der Waals surface area contributed by atoms with Crippen LogP contribution in [0.4, 0.5) is 37.7 Å². The van der Waals surface area contributed by atoms with Gasteiger partial charge in [0.25, 0.3) is 0 Å². The second-order valence-corrected chi connectivity index (χ2v) is 6.32. The zero-order valence-corrected chi connectivity index (χ0v) is 15.7. The maximum atomic E-state index is 14.4. The highest BCUT2D eigenvalue weighted by Crippen LogP contribution is 2.59. The van der Waals surface area contributed by atoms with E-state index in [0.717, 1.165) is 0 Å². The van der Waals surface area contributed by atoms with Crippen LogP contribution in [-0.2, 0) is 5.41 Å². The van der Waals surface area contributed by atoms with Gasteiger partial charge in [0, 0.05) is 46.5 Å². The third-order valence-corrected chi connectivity index (χ3v) is 4.59. The van der Waals surface area contributed by atoms with E-state index in [1.54, 1.807) is 0 Å². The van der Waals surface area contributed by atoms with E-state index in [9.17, 15) is 56.8 Å². The molecular formula is C19H8F6N2O6. The van der Waals surface area contributed by atoms with Crippen molar-refractivity contribution in [3.63, 3.8) is 0 Å². The van der Waals surface area contributed by atoms with Gasteiger partial charge in [0.15, 0.2) is 11.5 Å². The van der Waals surface area contributed by atoms with Crippen LogP contribution in [0.2, 0.25) is 0 Å². The van der Waals surface area contributed by atoms with Crippen molar-refractivity contribution >= 4 is 11.4 Å². The van der Waals surface area contributed by atoms with Gasteiger partial charge in [-0.2, -0.15) is 26.3 Å². The van der Waals surface area contributed by atoms with E-state index >= 15 is 0 Å². The number of alkyl halides is 6. The van der Waals surface area contributed by atoms with Crippen molar-refractivity contribution in [3.8, 4) is 36.2 Å². The number of hydrogen-bond acceptors (Lipinski definition) is 6. The van der Waals surface area contributed by atoms with Gasteiger partial charge in [0.2, 0.25) is 5.41 Å². The molecule has 33 heavy (non-hydrogen) atoms. The number of hydrogen-bond donors (Lipinski definition) is 2. The van der Waals surface area contributed by atoms with Crippen LogP contribution in [0, 0.1) is 44.9 Å². The maximum absolute atomic E-state index is 14.4. The first-order valence-corrected chi connectivity index (χ1v) is 8.15.